The van der Waals surface area contributed by atoms with Crippen LogP contribution in [0, 0.1) is 5.92 Å². The smallest absolute Gasteiger partial charge is 0.0207 e. The second kappa shape index (κ2) is 10.4. The SMILES string of the molecule is CCCCCCCC(CNC)Cc1ccccc1Br. The lowest BCUT2D eigenvalue weighted by atomic mass is 9.93. The van der Waals surface area contributed by atoms with Crippen molar-refractivity contribution < 1.29 is 0 Å². The van der Waals surface area contributed by atoms with Gasteiger partial charge in [0, 0.05) is 4.47 Å². The molecule has 19 heavy (non-hydrogen) atoms. The topological polar surface area (TPSA) is 12.0 Å². The summed E-state index contributed by atoms with van der Waals surface area (Å²) in [4.78, 5) is 0. The fourth-order valence-corrected chi connectivity index (χ4v) is 3.02. The van der Waals surface area contributed by atoms with Crippen LogP contribution in [0.3, 0.4) is 0 Å². The molecule has 0 amide bonds. The second-order valence-corrected chi connectivity index (χ2v) is 6.28. The van der Waals surface area contributed by atoms with E-state index in [1.165, 1.54) is 55.0 Å². The number of hydrogen-bond donors (Lipinski definition) is 1. The van der Waals surface area contributed by atoms with Crippen LogP contribution in [0.25, 0.3) is 0 Å². The normalized spacial score (nSPS) is 12.6. The van der Waals surface area contributed by atoms with E-state index < -0.39 is 0 Å². The Morgan fingerprint density at radius 3 is 2.53 bits per heavy atom. The molecule has 0 aliphatic rings. The molecule has 1 nitrogen and oxygen atoms in total. The molecule has 0 aliphatic heterocycles. The van der Waals surface area contributed by atoms with Crippen molar-refractivity contribution in [2.45, 2.75) is 51.9 Å². The summed E-state index contributed by atoms with van der Waals surface area (Å²) in [5.74, 6) is 0.755. The van der Waals surface area contributed by atoms with Crippen LogP contribution in [0.4, 0.5) is 0 Å². The predicted molar refractivity (Wildman–Crippen MR) is 88.6 cm³/mol. The van der Waals surface area contributed by atoms with Crippen molar-refractivity contribution in [1.82, 2.24) is 5.32 Å². The minimum atomic E-state index is 0.755. The Kier molecular flexibility index (Phi) is 9.19. The summed E-state index contributed by atoms with van der Waals surface area (Å²) in [6.07, 6.45) is 9.40. The van der Waals surface area contributed by atoms with Gasteiger partial charge in [0.25, 0.3) is 0 Å². The van der Waals surface area contributed by atoms with Crippen molar-refractivity contribution in [2.24, 2.45) is 5.92 Å². The molecule has 0 radical (unpaired) electrons. The first-order valence-corrected chi connectivity index (χ1v) is 8.45. The van der Waals surface area contributed by atoms with Crippen LogP contribution in [0.5, 0.6) is 0 Å². The molecule has 1 unspecified atom stereocenters. The van der Waals surface area contributed by atoms with Crippen molar-refractivity contribution in [3.05, 3.63) is 34.3 Å². The van der Waals surface area contributed by atoms with Gasteiger partial charge in [-0.05, 0) is 44.0 Å². The molecule has 1 N–H and O–H groups in total. The summed E-state index contributed by atoms with van der Waals surface area (Å²) in [6.45, 7) is 3.39. The highest BCUT2D eigenvalue weighted by atomic mass is 79.9. The van der Waals surface area contributed by atoms with E-state index in [2.05, 4.69) is 59.5 Å². The first-order chi connectivity index (χ1) is 9.27. The van der Waals surface area contributed by atoms with Crippen molar-refractivity contribution in [1.29, 1.82) is 0 Å². The molecule has 0 heterocycles. The monoisotopic (exact) mass is 325 g/mol. The van der Waals surface area contributed by atoms with Crippen molar-refractivity contribution >= 4 is 15.9 Å². The number of benzene rings is 1. The molecule has 108 valence electrons. The Morgan fingerprint density at radius 2 is 1.84 bits per heavy atom. The minimum Gasteiger partial charge on any atom is -0.319 e. The molecule has 0 spiro atoms. The summed E-state index contributed by atoms with van der Waals surface area (Å²) in [5, 5.41) is 3.34. The maximum absolute atomic E-state index is 3.66. The third-order valence-corrected chi connectivity index (χ3v) is 4.45. The van der Waals surface area contributed by atoms with Gasteiger partial charge >= 0.3 is 0 Å². The van der Waals surface area contributed by atoms with Crippen LogP contribution in [0.1, 0.15) is 51.0 Å². The largest absolute Gasteiger partial charge is 0.319 e. The molecule has 0 aliphatic carbocycles. The van der Waals surface area contributed by atoms with Crippen molar-refractivity contribution in [3.8, 4) is 0 Å². The van der Waals surface area contributed by atoms with E-state index in [1.807, 2.05) is 0 Å². The lowest BCUT2D eigenvalue weighted by Gasteiger charge is -2.17. The number of halogens is 1. The van der Waals surface area contributed by atoms with Crippen molar-refractivity contribution in [2.75, 3.05) is 13.6 Å². The molecule has 2 heteroatoms. The molecule has 0 aromatic heterocycles. The molecular formula is C17H28BrN. The number of unbranched alkanes of at least 4 members (excludes halogenated alkanes) is 4. The van der Waals surface area contributed by atoms with Crippen LogP contribution in [0.2, 0.25) is 0 Å². The maximum atomic E-state index is 3.66. The first kappa shape index (κ1) is 16.7. The second-order valence-electron chi connectivity index (χ2n) is 5.42. The van der Waals surface area contributed by atoms with Gasteiger partial charge in [-0.2, -0.15) is 0 Å². The Labute approximate surface area is 127 Å². The van der Waals surface area contributed by atoms with Gasteiger partial charge in [-0.1, -0.05) is 73.2 Å². The van der Waals surface area contributed by atoms with Gasteiger partial charge in [-0.15, -0.1) is 0 Å². The van der Waals surface area contributed by atoms with Crippen LogP contribution in [-0.4, -0.2) is 13.6 Å². The number of hydrogen-bond acceptors (Lipinski definition) is 1. The first-order valence-electron chi connectivity index (χ1n) is 7.66. The quantitative estimate of drug-likeness (QED) is 0.584. The molecule has 0 saturated carbocycles. The Balaban J connectivity index is 2.37. The summed E-state index contributed by atoms with van der Waals surface area (Å²) >= 11 is 3.66. The highest BCUT2D eigenvalue weighted by molar-refractivity contribution is 9.10. The Hall–Kier alpha value is -0.340. The highest BCUT2D eigenvalue weighted by Crippen LogP contribution is 2.22. The zero-order valence-corrected chi connectivity index (χ0v) is 14.0. The average molecular weight is 326 g/mol. The van der Waals surface area contributed by atoms with Gasteiger partial charge < -0.3 is 5.32 Å². The third kappa shape index (κ3) is 7.12. The van der Waals surface area contributed by atoms with Crippen LogP contribution in [0.15, 0.2) is 28.7 Å². The summed E-state index contributed by atoms with van der Waals surface area (Å²) in [5.41, 5.74) is 1.44. The van der Waals surface area contributed by atoms with Crippen LogP contribution < -0.4 is 5.32 Å². The van der Waals surface area contributed by atoms with E-state index in [4.69, 9.17) is 0 Å². The van der Waals surface area contributed by atoms with Gasteiger partial charge in [0.2, 0.25) is 0 Å². The Bertz CT molecular complexity index is 338. The van der Waals surface area contributed by atoms with E-state index in [-0.39, 0.29) is 0 Å². The fraction of sp³-hybridized carbons (Fsp3) is 0.647. The maximum Gasteiger partial charge on any atom is 0.0207 e. The van der Waals surface area contributed by atoms with E-state index in [9.17, 15) is 0 Å². The van der Waals surface area contributed by atoms with Gasteiger partial charge in [-0.25, -0.2) is 0 Å². The van der Waals surface area contributed by atoms with E-state index in [0.29, 0.717) is 0 Å². The molecular weight excluding hydrogens is 298 g/mol. The number of rotatable bonds is 10. The minimum absolute atomic E-state index is 0.755. The average Bonchev–Trinajstić information content (AvgIpc) is 2.41. The van der Waals surface area contributed by atoms with Gasteiger partial charge in [0.1, 0.15) is 0 Å². The molecule has 1 aromatic rings. The van der Waals surface area contributed by atoms with E-state index in [1.54, 1.807) is 0 Å². The van der Waals surface area contributed by atoms with Gasteiger partial charge in [0.05, 0.1) is 0 Å². The molecule has 1 atom stereocenters. The fourth-order valence-electron chi connectivity index (χ4n) is 2.58. The molecule has 0 fully saturated rings. The molecule has 1 rings (SSSR count). The summed E-state index contributed by atoms with van der Waals surface area (Å²) < 4.78 is 1.25. The zero-order valence-electron chi connectivity index (χ0n) is 12.4. The number of nitrogens with one attached hydrogen (secondary N) is 1. The van der Waals surface area contributed by atoms with Crippen molar-refractivity contribution in [3.63, 3.8) is 0 Å². The van der Waals surface area contributed by atoms with Crippen LogP contribution in [-0.2, 0) is 6.42 Å². The predicted octanol–water partition coefficient (Wildman–Crippen LogP) is 5.19. The standard InChI is InChI=1S/C17H28BrN/c1-3-4-5-6-7-10-15(14-19-2)13-16-11-8-9-12-17(16)18/h8-9,11-12,15,19H,3-7,10,13-14H2,1-2H3. The van der Waals surface area contributed by atoms with Gasteiger partial charge in [-0.3, -0.25) is 0 Å². The van der Waals surface area contributed by atoms with Gasteiger partial charge in [0.15, 0.2) is 0 Å². The lowest BCUT2D eigenvalue weighted by Crippen LogP contribution is -2.21. The highest BCUT2D eigenvalue weighted by Gasteiger charge is 2.10. The molecule has 0 bridgehead atoms. The third-order valence-electron chi connectivity index (χ3n) is 3.68. The summed E-state index contributed by atoms with van der Waals surface area (Å²) in [6, 6.07) is 8.61. The van der Waals surface area contributed by atoms with E-state index in [0.717, 1.165) is 12.5 Å². The summed E-state index contributed by atoms with van der Waals surface area (Å²) in [7, 11) is 2.06. The molecule has 1 aromatic carbocycles. The lowest BCUT2D eigenvalue weighted by molar-refractivity contribution is 0.433. The molecule has 0 saturated heterocycles. The Morgan fingerprint density at radius 1 is 1.11 bits per heavy atom. The van der Waals surface area contributed by atoms with E-state index >= 15 is 0 Å². The zero-order chi connectivity index (χ0) is 13.9. The van der Waals surface area contributed by atoms with Crippen LogP contribution >= 0.6 is 15.9 Å².